The lowest BCUT2D eigenvalue weighted by atomic mass is 10.0. The second-order valence-electron chi connectivity index (χ2n) is 10.5. The molecule has 2 aromatic heterocycles. The molecule has 0 spiro atoms. The molecule has 0 bridgehead atoms. The Kier molecular flexibility index (Phi) is 6.86. The fourth-order valence-corrected chi connectivity index (χ4v) is 7.41. The molecule has 5 aromatic carbocycles. The average Bonchev–Trinajstić information content (AvgIpc) is 3.63. The van der Waals surface area contributed by atoms with Gasteiger partial charge in [-0.1, -0.05) is 72.8 Å². The molecule has 218 valence electrons. The van der Waals surface area contributed by atoms with Gasteiger partial charge in [0.2, 0.25) is 0 Å². The Labute approximate surface area is 256 Å². The van der Waals surface area contributed by atoms with Crippen molar-refractivity contribution in [3.8, 4) is 43.1 Å². The fourth-order valence-electron chi connectivity index (χ4n) is 5.21. The lowest BCUT2D eigenvalue weighted by molar-refractivity contribution is -0.138. The second-order valence-corrected chi connectivity index (χ2v) is 12.6. The SMILES string of the molecule is FC(F)(F)c1ccc(-c2ccc(-c3cc4cc5sc(-c6ccc(-c7ccc(C(F)(F)F)cc7)cc6)cc5cc4s3)cc2)cc1. The highest BCUT2D eigenvalue weighted by atomic mass is 32.1. The fraction of sp³-hybridized carbons (Fsp3) is 0.0556. The summed E-state index contributed by atoms with van der Waals surface area (Å²) >= 11 is 3.38. The maximum atomic E-state index is 12.9. The van der Waals surface area contributed by atoms with Gasteiger partial charge in [0.15, 0.2) is 0 Å². The molecular weight excluding hydrogens is 611 g/mol. The zero-order valence-electron chi connectivity index (χ0n) is 22.6. The average molecular weight is 631 g/mol. The van der Waals surface area contributed by atoms with E-state index in [-0.39, 0.29) is 0 Å². The van der Waals surface area contributed by atoms with E-state index in [9.17, 15) is 26.3 Å². The first kappa shape index (κ1) is 28.4. The quantitative estimate of drug-likeness (QED) is 0.170. The third kappa shape index (κ3) is 5.51. The first-order chi connectivity index (χ1) is 21.0. The molecule has 0 unspecified atom stereocenters. The minimum Gasteiger partial charge on any atom is -0.166 e. The van der Waals surface area contributed by atoms with Gasteiger partial charge in [-0.05, 0) is 92.7 Å². The Morgan fingerprint density at radius 2 is 0.614 bits per heavy atom. The number of hydrogen-bond acceptors (Lipinski definition) is 2. The first-order valence-corrected chi connectivity index (χ1v) is 15.2. The van der Waals surface area contributed by atoms with E-state index in [2.05, 4.69) is 24.3 Å². The molecule has 0 radical (unpaired) electrons. The number of thiophene rings is 2. The van der Waals surface area contributed by atoms with Crippen LogP contribution in [-0.4, -0.2) is 0 Å². The van der Waals surface area contributed by atoms with Gasteiger partial charge in [0, 0.05) is 19.2 Å². The molecule has 0 amide bonds. The summed E-state index contributed by atoms with van der Waals surface area (Å²) in [5.74, 6) is 0. The van der Waals surface area contributed by atoms with Crippen LogP contribution >= 0.6 is 22.7 Å². The van der Waals surface area contributed by atoms with Gasteiger partial charge in [0.1, 0.15) is 0 Å². The van der Waals surface area contributed by atoms with Crippen LogP contribution < -0.4 is 0 Å². The first-order valence-electron chi connectivity index (χ1n) is 13.5. The van der Waals surface area contributed by atoms with Crippen molar-refractivity contribution in [2.45, 2.75) is 12.4 Å². The molecule has 0 aliphatic carbocycles. The standard InChI is InChI=1S/C36H20F6S2/c37-35(38,39)29-13-9-23(10-14-29)21-1-5-25(6-2-21)31-17-27-19-34-28(20-33(27)43-31)18-32(44-34)26-7-3-22(4-8-26)24-11-15-30(16-12-24)36(40,41)42/h1-20H. The van der Waals surface area contributed by atoms with Gasteiger partial charge in [-0.3, -0.25) is 0 Å². The summed E-state index contributed by atoms with van der Waals surface area (Å²) in [6.45, 7) is 0. The number of fused-ring (bicyclic) bond motifs is 2. The number of halogens is 6. The normalized spacial score (nSPS) is 12.3. The summed E-state index contributed by atoms with van der Waals surface area (Å²) in [7, 11) is 0. The van der Waals surface area contributed by atoms with E-state index < -0.39 is 23.5 Å². The zero-order chi connectivity index (χ0) is 30.6. The van der Waals surface area contributed by atoms with Crippen LogP contribution in [0.5, 0.6) is 0 Å². The van der Waals surface area contributed by atoms with E-state index in [0.29, 0.717) is 0 Å². The van der Waals surface area contributed by atoms with Crippen molar-refractivity contribution in [3.05, 3.63) is 132 Å². The topological polar surface area (TPSA) is 0 Å². The lowest BCUT2D eigenvalue weighted by Crippen LogP contribution is -2.03. The molecular formula is C36H20F6S2. The molecule has 0 aliphatic heterocycles. The third-order valence-corrected chi connectivity index (χ3v) is 9.88. The summed E-state index contributed by atoms with van der Waals surface area (Å²) in [6.07, 6.45) is -8.71. The third-order valence-electron chi connectivity index (χ3n) is 7.59. The van der Waals surface area contributed by atoms with Crippen molar-refractivity contribution < 1.29 is 26.3 Å². The van der Waals surface area contributed by atoms with Crippen molar-refractivity contribution in [3.63, 3.8) is 0 Å². The van der Waals surface area contributed by atoms with Crippen molar-refractivity contribution in [1.82, 2.24) is 0 Å². The van der Waals surface area contributed by atoms with E-state index >= 15 is 0 Å². The van der Waals surface area contributed by atoms with Crippen molar-refractivity contribution >= 4 is 42.8 Å². The van der Waals surface area contributed by atoms with Crippen LogP contribution in [0.2, 0.25) is 0 Å². The van der Waals surface area contributed by atoms with Gasteiger partial charge in [0.05, 0.1) is 11.1 Å². The molecule has 0 aliphatic rings. The molecule has 0 N–H and O–H groups in total. The van der Waals surface area contributed by atoms with Gasteiger partial charge < -0.3 is 0 Å². The molecule has 8 heteroatoms. The Bertz CT molecular complexity index is 1890. The summed E-state index contributed by atoms with van der Waals surface area (Å²) in [5, 5.41) is 2.27. The number of benzene rings is 5. The van der Waals surface area contributed by atoms with Crippen molar-refractivity contribution in [1.29, 1.82) is 0 Å². The summed E-state index contributed by atoms with van der Waals surface area (Å²) in [4.78, 5) is 2.21. The van der Waals surface area contributed by atoms with E-state index in [1.54, 1.807) is 22.7 Å². The number of rotatable bonds is 4. The minimum absolute atomic E-state index is 0.662. The summed E-state index contributed by atoms with van der Waals surface area (Å²) in [5.41, 5.74) is 3.91. The van der Waals surface area contributed by atoms with E-state index in [1.165, 1.54) is 24.3 Å². The number of hydrogen-bond donors (Lipinski definition) is 0. The van der Waals surface area contributed by atoms with E-state index in [4.69, 9.17) is 0 Å². The van der Waals surface area contributed by atoms with Crippen LogP contribution in [-0.2, 0) is 12.4 Å². The molecule has 2 heterocycles. The Morgan fingerprint density at radius 3 is 0.909 bits per heavy atom. The van der Waals surface area contributed by atoms with Crippen LogP contribution in [0, 0.1) is 0 Å². The molecule has 0 saturated carbocycles. The highest BCUT2D eigenvalue weighted by Crippen LogP contribution is 2.41. The van der Waals surface area contributed by atoms with Crippen molar-refractivity contribution in [2.24, 2.45) is 0 Å². The van der Waals surface area contributed by atoms with Crippen LogP contribution in [0.25, 0.3) is 63.3 Å². The molecule has 0 fully saturated rings. The summed E-state index contributed by atoms with van der Waals surface area (Å²) < 4.78 is 79.7. The Balaban J connectivity index is 1.11. The molecule has 0 atom stereocenters. The van der Waals surface area contributed by atoms with Crippen LogP contribution in [0.4, 0.5) is 26.3 Å². The van der Waals surface area contributed by atoms with Crippen molar-refractivity contribution in [2.75, 3.05) is 0 Å². The van der Waals surface area contributed by atoms with Crippen LogP contribution in [0.15, 0.2) is 121 Å². The minimum atomic E-state index is -4.35. The van der Waals surface area contributed by atoms with Gasteiger partial charge in [-0.25, -0.2) is 0 Å². The molecule has 44 heavy (non-hydrogen) atoms. The smallest absolute Gasteiger partial charge is 0.166 e. The predicted octanol–water partition coefficient (Wildman–Crippen LogP) is 12.8. The van der Waals surface area contributed by atoms with E-state index in [0.717, 1.165) is 87.6 Å². The Morgan fingerprint density at radius 1 is 0.341 bits per heavy atom. The van der Waals surface area contributed by atoms with Gasteiger partial charge in [-0.15, -0.1) is 22.7 Å². The van der Waals surface area contributed by atoms with Gasteiger partial charge in [-0.2, -0.15) is 26.3 Å². The van der Waals surface area contributed by atoms with Crippen LogP contribution in [0.1, 0.15) is 11.1 Å². The highest BCUT2D eigenvalue weighted by molar-refractivity contribution is 7.23. The van der Waals surface area contributed by atoms with Gasteiger partial charge >= 0.3 is 12.4 Å². The Hall–Kier alpha value is -4.40. The van der Waals surface area contributed by atoms with Gasteiger partial charge in [0.25, 0.3) is 0 Å². The molecule has 7 aromatic rings. The van der Waals surface area contributed by atoms with E-state index in [1.807, 2.05) is 48.5 Å². The van der Waals surface area contributed by atoms with Crippen LogP contribution in [0.3, 0.4) is 0 Å². The lowest BCUT2D eigenvalue weighted by Gasteiger charge is -2.08. The zero-order valence-corrected chi connectivity index (χ0v) is 24.3. The monoisotopic (exact) mass is 630 g/mol. The largest absolute Gasteiger partial charge is 0.416 e. The molecule has 0 nitrogen and oxygen atoms in total. The molecule has 7 rings (SSSR count). The summed E-state index contributed by atoms with van der Waals surface area (Å²) in [6, 6.07) is 34.7. The second kappa shape index (κ2) is 10.6. The highest BCUT2D eigenvalue weighted by Gasteiger charge is 2.30. The maximum Gasteiger partial charge on any atom is 0.416 e. The molecule has 0 saturated heterocycles. The predicted molar refractivity (Wildman–Crippen MR) is 169 cm³/mol. The number of alkyl halides is 6. The maximum absolute atomic E-state index is 12.9.